The molecule has 0 spiro atoms. The second kappa shape index (κ2) is 9.88. The molecule has 0 aliphatic heterocycles. The average Bonchev–Trinajstić information content (AvgIpc) is 2.61. The van der Waals surface area contributed by atoms with Crippen molar-refractivity contribution in [3.8, 4) is 0 Å². The second-order valence-electron chi connectivity index (χ2n) is 8.32. The first-order valence-corrected chi connectivity index (χ1v) is 12.2. The van der Waals surface area contributed by atoms with Crippen molar-refractivity contribution in [1.82, 2.24) is 0 Å². The van der Waals surface area contributed by atoms with Gasteiger partial charge in [-0.1, -0.05) is 81.4 Å². The van der Waals surface area contributed by atoms with Gasteiger partial charge in [-0.3, -0.25) is 0 Å². The Kier molecular flexibility index (Phi) is 8.11. The van der Waals surface area contributed by atoms with E-state index in [1.807, 2.05) is 6.92 Å². The summed E-state index contributed by atoms with van der Waals surface area (Å²) in [5, 5.41) is 12.7. The molecule has 4 heteroatoms. The highest BCUT2D eigenvalue weighted by molar-refractivity contribution is 6.99. The largest absolute Gasteiger partial charge is 0.407 e. The molecule has 2 aromatic rings. The third kappa shape index (κ3) is 5.67. The van der Waals surface area contributed by atoms with Gasteiger partial charge >= 0.3 is 0 Å². The molecule has 27 heavy (non-hydrogen) atoms. The molecule has 2 atom stereocenters. The number of aliphatic hydroxyl groups excluding tert-OH is 1. The third-order valence-corrected chi connectivity index (χ3v) is 10.2. The Balaban J connectivity index is 2.27. The summed E-state index contributed by atoms with van der Waals surface area (Å²) < 4.78 is 6.82. The van der Waals surface area contributed by atoms with Crippen LogP contribution >= 0.6 is 11.6 Å². The molecule has 2 aromatic carbocycles. The molecule has 0 aliphatic carbocycles. The zero-order valence-electron chi connectivity index (χ0n) is 17.0. The van der Waals surface area contributed by atoms with Gasteiger partial charge in [0.25, 0.3) is 8.32 Å². The number of benzene rings is 2. The molecule has 2 nitrogen and oxygen atoms in total. The van der Waals surface area contributed by atoms with Crippen molar-refractivity contribution in [1.29, 1.82) is 0 Å². The van der Waals surface area contributed by atoms with Gasteiger partial charge in [0.15, 0.2) is 0 Å². The summed E-state index contributed by atoms with van der Waals surface area (Å²) in [6, 6.07) is 21.3. The van der Waals surface area contributed by atoms with Gasteiger partial charge in [0.05, 0.1) is 6.10 Å². The van der Waals surface area contributed by atoms with Gasteiger partial charge in [-0.15, -0.1) is 11.6 Å². The zero-order chi connectivity index (χ0) is 19.9. The molecule has 0 bridgehead atoms. The lowest BCUT2D eigenvalue weighted by molar-refractivity contribution is 0.142. The summed E-state index contributed by atoms with van der Waals surface area (Å²) in [5.74, 6) is 0. The molecule has 1 N–H and O–H groups in total. The van der Waals surface area contributed by atoms with E-state index in [1.165, 1.54) is 10.4 Å². The van der Waals surface area contributed by atoms with Crippen molar-refractivity contribution in [2.24, 2.45) is 0 Å². The van der Waals surface area contributed by atoms with Crippen LogP contribution in [0, 0.1) is 0 Å². The lowest BCUT2D eigenvalue weighted by Gasteiger charge is -2.43. The van der Waals surface area contributed by atoms with E-state index in [2.05, 4.69) is 81.4 Å². The molecule has 0 amide bonds. The maximum Gasteiger partial charge on any atom is 0.261 e. The topological polar surface area (TPSA) is 29.5 Å². The Morgan fingerprint density at radius 1 is 0.963 bits per heavy atom. The molecule has 0 saturated carbocycles. The molecule has 0 aliphatic rings. The van der Waals surface area contributed by atoms with Crippen LogP contribution in [0.3, 0.4) is 0 Å². The number of hydrogen-bond acceptors (Lipinski definition) is 2. The van der Waals surface area contributed by atoms with Crippen LogP contribution in [0.15, 0.2) is 60.7 Å². The Morgan fingerprint density at radius 3 is 1.85 bits per heavy atom. The van der Waals surface area contributed by atoms with Gasteiger partial charge < -0.3 is 9.53 Å². The predicted molar refractivity (Wildman–Crippen MR) is 119 cm³/mol. The standard InChI is InChI=1S/C23H33ClO2Si/c1-19(24)18-20(25)12-11-17-26-27(23(2,3)4,21-13-7-5-8-14-21)22-15-9-6-10-16-22/h5-10,13-16,19-20,25H,11-12,17-18H2,1-4H3/t19-,20-/m1/s1. The van der Waals surface area contributed by atoms with Crippen molar-refractivity contribution < 1.29 is 9.53 Å². The smallest absolute Gasteiger partial charge is 0.261 e. The summed E-state index contributed by atoms with van der Waals surface area (Å²) in [7, 11) is -2.46. The van der Waals surface area contributed by atoms with Gasteiger partial charge in [-0.05, 0) is 41.6 Å². The van der Waals surface area contributed by atoms with Crippen molar-refractivity contribution in [2.45, 2.75) is 63.5 Å². The molecule has 0 aromatic heterocycles. The fraction of sp³-hybridized carbons (Fsp3) is 0.478. The minimum absolute atomic E-state index is 0.00223. The van der Waals surface area contributed by atoms with Crippen LogP contribution < -0.4 is 10.4 Å². The maximum atomic E-state index is 10.1. The van der Waals surface area contributed by atoms with Crippen LogP contribution in [-0.2, 0) is 4.43 Å². The molecular weight excluding hydrogens is 372 g/mol. The quantitative estimate of drug-likeness (QED) is 0.372. The van der Waals surface area contributed by atoms with E-state index in [9.17, 15) is 5.11 Å². The second-order valence-corrected chi connectivity index (χ2v) is 13.4. The summed E-state index contributed by atoms with van der Waals surface area (Å²) in [6.45, 7) is 9.40. The highest BCUT2D eigenvalue weighted by atomic mass is 35.5. The van der Waals surface area contributed by atoms with Crippen molar-refractivity contribution in [2.75, 3.05) is 6.61 Å². The molecule has 0 radical (unpaired) electrons. The normalized spacial score (nSPS) is 14.7. The van der Waals surface area contributed by atoms with E-state index in [1.54, 1.807) is 0 Å². The summed E-state index contributed by atoms with van der Waals surface area (Å²) in [5.41, 5.74) is 0. The van der Waals surface area contributed by atoms with Crippen molar-refractivity contribution in [3.63, 3.8) is 0 Å². The SMILES string of the molecule is C[C@@H](Cl)C[C@H](O)CCCO[Si](c1ccccc1)(c1ccccc1)C(C)(C)C. The van der Waals surface area contributed by atoms with Gasteiger partial charge in [-0.25, -0.2) is 0 Å². The average molecular weight is 405 g/mol. The number of aliphatic hydroxyl groups is 1. The van der Waals surface area contributed by atoms with Crippen LogP contribution in [0.4, 0.5) is 0 Å². The van der Waals surface area contributed by atoms with E-state index in [0.29, 0.717) is 13.0 Å². The first-order valence-electron chi connectivity index (χ1n) is 9.84. The molecule has 2 rings (SSSR count). The van der Waals surface area contributed by atoms with E-state index in [-0.39, 0.29) is 16.5 Å². The summed E-state index contributed by atoms with van der Waals surface area (Å²) >= 11 is 5.99. The Labute approximate surface area is 170 Å². The fourth-order valence-electron chi connectivity index (χ4n) is 3.80. The number of rotatable bonds is 9. The number of alkyl halides is 1. The minimum atomic E-state index is -2.46. The number of hydrogen-bond donors (Lipinski definition) is 1. The summed E-state index contributed by atoms with van der Waals surface area (Å²) in [6.07, 6.45) is 1.81. The lowest BCUT2D eigenvalue weighted by Crippen LogP contribution is -2.66. The Bertz CT molecular complexity index is 628. The van der Waals surface area contributed by atoms with Crippen LogP contribution in [0.5, 0.6) is 0 Å². The van der Waals surface area contributed by atoms with E-state index in [4.69, 9.17) is 16.0 Å². The van der Waals surface area contributed by atoms with Gasteiger partial charge in [-0.2, -0.15) is 0 Å². The highest BCUT2D eigenvalue weighted by Crippen LogP contribution is 2.36. The minimum Gasteiger partial charge on any atom is -0.407 e. The van der Waals surface area contributed by atoms with Crippen molar-refractivity contribution in [3.05, 3.63) is 60.7 Å². The monoisotopic (exact) mass is 404 g/mol. The molecular formula is C23H33ClO2Si. The van der Waals surface area contributed by atoms with Crippen LogP contribution in [0.2, 0.25) is 5.04 Å². The third-order valence-electron chi connectivity index (χ3n) is 5.01. The number of halogens is 1. The van der Waals surface area contributed by atoms with E-state index in [0.717, 1.165) is 12.8 Å². The van der Waals surface area contributed by atoms with Crippen LogP contribution in [0.25, 0.3) is 0 Å². The predicted octanol–water partition coefficient (Wildman–Crippen LogP) is 4.72. The molecule has 0 heterocycles. The van der Waals surface area contributed by atoms with Crippen LogP contribution in [0.1, 0.15) is 47.0 Å². The first kappa shape index (κ1) is 22.2. The molecule has 0 saturated heterocycles. The van der Waals surface area contributed by atoms with Gasteiger partial charge in [0.1, 0.15) is 0 Å². The lowest BCUT2D eigenvalue weighted by atomic mass is 10.1. The molecule has 0 unspecified atom stereocenters. The Morgan fingerprint density at radius 2 is 1.44 bits per heavy atom. The van der Waals surface area contributed by atoms with Gasteiger partial charge in [0.2, 0.25) is 0 Å². The highest BCUT2D eigenvalue weighted by Gasteiger charge is 2.49. The zero-order valence-corrected chi connectivity index (χ0v) is 18.7. The molecule has 148 valence electrons. The van der Waals surface area contributed by atoms with E-state index < -0.39 is 8.32 Å². The fourth-order valence-corrected chi connectivity index (χ4v) is 8.61. The molecule has 0 fully saturated rings. The maximum absolute atomic E-state index is 10.1. The van der Waals surface area contributed by atoms with Crippen LogP contribution in [-0.4, -0.2) is 31.5 Å². The Hall–Kier alpha value is -1.13. The van der Waals surface area contributed by atoms with Crippen molar-refractivity contribution >= 4 is 30.3 Å². The van der Waals surface area contributed by atoms with Gasteiger partial charge in [0, 0.05) is 12.0 Å². The first-order chi connectivity index (χ1) is 12.8. The van der Waals surface area contributed by atoms with E-state index >= 15 is 0 Å². The summed E-state index contributed by atoms with van der Waals surface area (Å²) in [4.78, 5) is 0.